The second-order valence-electron chi connectivity index (χ2n) is 7.29. The van der Waals surface area contributed by atoms with E-state index in [0.29, 0.717) is 6.42 Å². The molecule has 0 fully saturated rings. The first kappa shape index (κ1) is 24.8. The number of carbonyl (C=O) groups is 4. The Balaban J connectivity index is 5.26. The molecule has 10 nitrogen and oxygen atoms in total. The van der Waals surface area contributed by atoms with Crippen molar-refractivity contribution in [2.75, 3.05) is 6.61 Å². The van der Waals surface area contributed by atoms with Crippen LogP contribution in [0.4, 0.5) is 0 Å². The summed E-state index contributed by atoms with van der Waals surface area (Å²) in [5, 5.41) is 25.3. The molecule has 0 aromatic carbocycles. The lowest BCUT2D eigenvalue weighted by Gasteiger charge is -2.27. The topological polar surface area (TPSA) is 171 Å². The van der Waals surface area contributed by atoms with Gasteiger partial charge in [-0.2, -0.15) is 0 Å². The molecule has 0 heterocycles. The molecule has 0 unspecified atom stereocenters. The standard InChI is InChI=1S/C17H32N4O6/c1-8(2)6-11(19-14(23)10(5)18)15(24)21-13(9(3)4)16(25)20-12(7-22)17(26)27/h8-13,22H,6-7,18H2,1-5H3,(H,19,23)(H,20,25)(H,21,24)(H,26,27)/t10-,11-,12-,13-/m0/s1. The number of aliphatic carboxylic acids is 1. The maximum Gasteiger partial charge on any atom is 0.328 e. The van der Waals surface area contributed by atoms with Crippen molar-refractivity contribution in [1.82, 2.24) is 16.0 Å². The summed E-state index contributed by atoms with van der Waals surface area (Å²) in [5.41, 5.74) is 5.52. The number of rotatable bonds is 11. The summed E-state index contributed by atoms with van der Waals surface area (Å²) < 4.78 is 0. The first-order valence-corrected chi connectivity index (χ1v) is 8.91. The second kappa shape index (κ2) is 11.5. The quantitative estimate of drug-likeness (QED) is 0.252. The number of nitrogens with one attached hydrogen (secondary N) is 3. The minimum atomic E-state index is -1.47. The molecule has 0 aliphatic carbocycles. The van der Waals surface area contributed by atoms with Gasteiger partial charge in [-0.05, 0) is 25.2 Å². The van der Waals surface area contributed by atoms with Gasteiger partial charge in [0.1, 0.15) is 18.1 Å². The summed E-state index contributed by atoms with van der Waals surface area (Å²) in [6.45, 7) is 7.83. The van der Waals surface area contributed by atoms with Gasteiger partial charge in [0, 0.05) is 0 Å². The highest BCUT2D eigenvalue weighted by Gasteiger charge is 2.31. The minimum Gasteiger partial charge on any atom is -0.480 e. The Morgan fingerprint density at radius 1 is 0.852 bits per heavy atom. The van der Waals surface area contributed by atoms with Gasteiger partial charge in [-0.1, -0.05) is 27.7 Å². The van der Waals surface area contributed by atoms with Gasteiger partial charge in [-0.15, -0.1) is 0 Å². The molecule has 4 atom stereocenters. The summed E-state index contributed by atoms with van der Waals surface area (Å²) >= 11 is 0. The van der Waals surface area contributed by atoms with Gasteiger partial charge in [0.05, 0.1) is 12.6 Å². The Hall–Kier alpha value is -2.20. The summed E-state index contributed by atoms with van der Waals surface area (Å²) in [7, 11) is 0. The molecule has 27 heavy (non-hydrogen) atoms. The zero-order chi connectivity index (χ0) is 21.3. The highest BCUT2D eigenvalue weighted by molar-refractivity contribution is 5.94. The summed E-state index contributed by atoms with van der Waals surface area (Å²) in [6.07, 6.45) is 0.338. The van der Waals surface area contributed by atoms with Crippen LogP contribution in [0.5, 0.6) is 0 Å². The molecular formula is C17H32N4O6. The monoisotopic (exact) mass is 388 g/mol. The third kappa shape index (κ3) is 8.83. The molecular weight excluding hydrogens is 356 g/mol. The van der Waals surface area contributed by atoms with E-state index in [-0.39, 0.29) is 11.8 Å². The van der Waals surface area contributed by atoms with Gasteiger partial charge in [0.15, 0.2) is 0 Å². The summed E-state index contributed by atoms with van der Waals surface area (Å²) in [6, 6.07) is -4.18. The zero-order valence-corrected chi connectivity index (χ0v) is 16.5. The molecule has 3 amide bonds. The van der Waals surface area contributed by atoms with E-state index in [2.05, 4.69) is 16.0 Å². The van der Waals surface area contributed by atoms with Crippen molar-refractivity contribution in [3.05, 3.63) is 0 Å². The molecule has 0 aliphatic rings. The average Bonchev–Trinajstić information content (AvgIpc) is 2.55. The maximum atomic E-state index is 12.6. The van der Waals surface area contributed by atoms with Crippen molar-refractivity contribution in [2.45, 2.75) is 65.2 Å². The fraction of sp³-hybridized carbons (Fsp3) is 0.765. The lowest BCUT2D eigenvalue weighted by atomic mass is 9.99. The summed E-state index contributed by atoms with van der Waals surface area (Å²) in [5.74, 6) is -3.45. The highest BCUT2D eigenvalue weighted by atomic mass is 16.4. The predicted molar refractivity (Wildman–Crippen MR) is 98.5 cm³/mol. The molecule has 0 saturated heterocycles. The second-order valence-corrected chi connectivity index (χ2v) is 7.29. The van der Waals surface area contributed by atoms with Crippen molar-refractivity contribution in [1.29, 1.82) is 0 Å². The van der Waals surface area contributed by atoms with Gasteiger partial charge in [0.25, 0.3) is 0 Å². The predicted octanol–water partition coefficient (Wildman–Crippen LogP) is -1.43. The Bertz CT molecular complexity index is 536. The Morgan fingerprint density at radius 2 is 1.37 bits per heavy atom. The number of carboxylic acid groups (broad SMARTS) is 1. The Kier molecular flexibility index (Phi) is 10.6. The number of hydrogen-bond donors (Lipinski definition) is 6. The number of aliphatic hydroxyl groups excluding tert-OH is 1. The third-order valence-electron chi connectivity index (χ3n) is 3.80. The normalized spacial score (nSPS) is 15.6. The van der Waals surface area contributed by atoms with Crippen molar-refractivity contribution < 1.29 is 29.4 Å². The largest absolute Gasteiger partial charge is 0.480 e. The van der Waals surface area contributed by atoms with Gasteiger partial charge < -0.3 is 31.9 Å². The lowest BCUT2D eigenvalue weighted by Crippen LogP contribution is -2.58. The number of carboxylic acids is 1. The van der Waals surface area contributed by atoms with Gasteiger partial charge in [-0.25, -0.2) is 4.79 Å². The van der Waals surface area contributed by atoms with Crippen LogP contribution in [0, 0.1) is 11.8 Å². The van der Waals surface area contributed by atoms with Gasteiger partial charge >= 0.3 is 5.97 Å². The van der Waals surface area contributed by atoms with E-state index in [1.54, 1.807) is 13.8 Å². The summed E-state index contributed by atoms with van der Waals surface area (Å²) in [4.78, 5) is 47.8. The van der Waals surface area contributed by atoms with E-state index < -0.39 is 54.5 Å². The van der Waals surface area contributed by atoms with E-state index in [1.165, 1.54) is 6.92 Å². The molecule has 0 bridgehead atoms. The van der Waals surface area contributed by atoms with E-state index in [9.17, 15) is 19.2 Å². The van der Waals surface area contributed by atoms with Crippen LogP contribution < -0.4 is 21.7 Å². The Labute approximate surface area is 159 Å². The smallest absolute Gasteiger partial charge is 0.328 e. The van der Waals surface area contributed by atoms with Crippen molar-refractivity contribution in [3.8, 4) is 0 Å². The van der Waals surface area contributed by atoms with Crippen LogP contribution in [0.3, 0.4) is 0 Å². The number of amides is 3. The van der Waals surface area contributed by atoms with Crippen LogP contribution in [-0.4, -0.2) is 64.7 Å². The molecule has 0 aliphatic heterocycles. The zero-order valence-electron chi connectivity index (χ0n) is 16.5. The highest BCUT2D eigenvalue weighted by Crippen LogP contribution is 2.08. The SMILES string of the molecule is CC(C)C[C@H](NC(=O)[C@H](C)N)C(=O)N[C@H](C(=O)N[C@@H](CO)C(=O)O)C(C)C. The van der Waals surface area contributed by atoms with Crippen LogP contribution in [0.2, 0.25) is 0 Å². The van der Waals surface area contributed by atoms with Crippen molar-refractivity contribution >= 4 is 23.7 Å². The molecule has 10 heteroatoms. The number of hydrogen-bond acceptors (Lipinski definition) is 6. The van der Waals surface area contributed by atoms with Crippen LogP contribution in [0.25, 0.3) is 0 Å². The van der Waals surface area contributed by atoms with Crippen LogP contribution in [0.1, 0.15) is 41.0 Å². The average molecular weight is 388 g/mol. The van der Waals surface area contributed by atoms with Crippen LogP contribution in [-0.2, 0) is 19.2 Å². The molecule has 0 radical (unpaired) electrons. The van der Waals surface area contributed by atoms with E-state index in [1.807, 2.05) is 13.8 Å². The van der Waals surface area contributed by atoms with Crippen molar-refractivity contribution in [3.63, 3.8) is 0 Å². The Morgan fingerprint density at radius 3 is 1.74 bits per heavy atom. The minimum absolute atomic E-state index is 0.0891. The van der Waals surface area contributed by atoms with Gasteiger partial charge in [-0.3, -0.25) is 14.4 Å². The number of nitrogens with two attached hydrogens (primary N) is 1. The van der Waals surface area contributed by atoms with Gasteiger partial charge in [0.2, 0.25) is 17.7 Å². The molecule has 0 spiro atoms. The van der Waals surface area contributed by atoms with E-state index >= 15 is 0 Å². The van der Waals surface area contributed by atoms with Crippen LogP contribution >= 0.6 is 0 Å². The number of carbonyl (C=O) groups excluding carboxylic acids is 3. The molecule has 0 aromatic heterocycles. The first-order chi connectivity index (χ1) is 12.4. The third-order valence-corrected chi connectivity index (χ3v) is 3.80. The molecule has 0 rings (SSSR count). The van der Waals surface area contributed by atoms with Crippen LogP contribution in [0.15, 0.2) is 0 Å². The fourth-order valence-corrected chi connectivity index (χ4v) is 2.24. The lowest BCUT2D eigenvalue weighted by molar-refractivity contribution is -0.143. The number of aliphatic hydroxyl groups is 1. The van der Waals surface area contributed by atoms with E-state index in [0.717, 1.165) is 0 Å². The van der Waals surface area contributed by atoms with E-state index in [4.69, 9.17) is 15.9 Å². The first-order valence-electron chi connectivity index (χ1n) is 8.91. The molecule has 0 saturated carbocycles. The van der Waals surface area contributed by atoms with Crippen molar-refractivity contribution in [2.24, 2.45) is 17.6 Å². The maximum absolute atomic E-state index is 12.6. The molecule has 156 valence electrons. The molecule has 7 N–H and O–H groups in total. The fourth-order valence-electron chi connectivity index (χ4n) is 2.24. The molecule has 0 aromatic rings.